The van der Waals surface area contributed by atoms with Crippen molar-refractivity contribution in [2.75, 3.05) is 12.4 Å². The largest absolute Gasteiger partial charge is 0.495 e. The van der Waals surface area contributed by atoms with E-state index >= 15 is 0 Å². The lowest BCUT2D eigenvalue weighted by Crippen LogP contribution is -2.26. The van der Waals surface area contributed by atoms with Crippen LogP contribution >= 0.6 is 11.6 Å². The molecule has 0 aromatic heterocycles. The van der Waals surface area contributed by atoms with Gasteiger partial charge in [0.25, 0.3) is 0 Å². The second-order valence-corrected chi connectivity index (χ2v) is 5.98. The number of nitrogens with one attached hydrogen (secondary N) is 1. The van der Waals surface area contributed by atoms with Crippen LogP contribution in [0.25, 0.3) is 0 Å². The number of methoxy groups -OCH3 is 1. The molecular formula is C16H24ClNO. The van der Waals surface area contributed by atoms with Crippen LogP contribution in [0.4, 0.5) is 5.69 Å². The second kappa shape index (κ2) is 6.51. The van der Waals surface area contributed by atoms with Crippen LogP contribution in [0.2, 0.25) is 5.02 Å². The molecule has 0 bridgehead atoms. The first-order chi connectivity index (χ1) is 9.13. The molecule has 2 rings (SSSR count). The summed E-state index contributed by atoms with van der Waals surface area (Å²) in [6, 6.07) is 4.56. The van der Waals surface area contributed by atoms with Gasteiger partial charge in [0.1, 0.15) is 5.75 Å². The maximum absolute atomic E-state index is 6.14. The van der Waals surface area contributed by atoms with E-state index in [0.717, 1.165) is 27.9 Å². The molecule has 0 spiro atoms. The zero-order valence-corrected chi connectivity index (χ0v) is 12.9. The smallest absolute Gasteiger partial charge is 0.143 e. The Bertz CT molecular complexity index is 425. The van der Waals surface area contributed by atoms with E-state index in [1.165, 1.54) is 32.1 Å². The lowest BCUT2D eigenvalue weighted by molar-refractivity contribution is 0.329. The molecule has 0 atom stereocenters. The molecule has 1 aromatic rings. The zero-order valence-electron chi connectivity index (χ0n) is 12.1. The number of halogens is 1. The highest BCUT2D eigenvalue weighted by molar-refractivity contribution is 6.31. The minimum atomic E-state index is 0.567. The summed E-state index contributed by atoms with van der Waals surface area (Å²) >= 11 is 6.14. The highest BCUT2D eigenvalue weighted by atomic mass is 35.5. The van der Waals surface area contributed by atoms with Crippen molar-refractivity contribution in [3.05, 3.63) is 22.7 Å². The van der Waals surface area contributed by atoms with Gasteiger partial charge in [0, 0.05) is 17.1 Å². The molecule has 1 aliphatic rings. The first-order valence-electron chi connectivity index (χ1n) is 7.24. The summed E-state index contributed by atoms with van der Waals surface area (Å²) in [4.78, 5) is 0. The number of hydrogen-bond acceptors (Lipinski definition) is 2. The minimum Gasteiger partial charge on any atom is -0.495 e. The van der Waals surface area contributed by atoms with Crippen LogP contribution in [0.1, 0.15) is 44.6 Å². The van der Waals surface area contributed by atoms with Gasteiger partial charge < -0.3 is 10.1 Å². The number of anilines is 1. The summed E-state index contributed by atoms with van der Waals surface area (Å²) < 4.78 is 5.42. The van der Waals surface area contributed by atoms with Crippen molar-refractivity contribution in [1.82, 2.24) is 0 Å². The average Bonchev–Trinajstić information content (AvgIpc) is 2.43. The molecule has 1 fully saturated rings. The SMILES string of the molecule is CCC1CCC(Nc2cc(C)c(Cl)cc2OC)CC1. The molecule has 0 unspecified atom stereocenters. The quantitative estimate of drug-likeness (QED) is 0.835. The third-order valence-electron chi connectivity index (χ3n) is 4.26. The molecule has 0 amide bonds. The van der Waals surface area contributed by atoms with Crippen molar-refractivity contribution in [3.8, 4) is 5.75 Å². The highest BCUT2D eigenvalue weighted by Gasteiger charge is 2.20. The maximum atomic E-state index is 6.14. The molecule has 1 aliphatic carbocycles. The molecule has 3 heteroatoms. The first kappa shape index (κ1) is 14.5. The predicted octanol–water partition coefficient (Wildman–Crippen LogP) is 5.04. The fraction of sp³-hybridized carbons (Fsp3) is 0.625. The number of ether oxygens (including phenoxy) is 1. The van der Waals surface area contributed by atoms with Crippen molar-refractivity contribution in [2.24, 2.45) is 5.92 Å². The van der Waals surface area contributed by atoms with Crippen LogP contribution in [0.15, 0.2) is 12.1 Å². The van der Waals surface area contributed by atoms with Crippen molar-refractivity contribution < 1.29 is 4.74 Å². The monoisotopic (exact) mass is 281 g/mol. The van der Waals surface area contributed by atoms with Crippen LogP contribution < -0.4 is 10.1 Å². The Labute approximate surface area is 121 Å². The molecule has 1 N–H and O–H groups in total. The number of aryl methyl sites for hydroxylation is 1. The number of benzene rings is 1. The van der Waals surface area contributed by atoms with E-state index in [-0.39, 0.29) is 0 Å². The van der Waals surface area contributed by atoms with Crippen molar-refractivity contribution in [1.29, 1.82) is 0 Å². The summed E-state index contributed by atoms with van der Waals surface area (Å²) in [7, 11) is 1.69. The molecule has 1 aromatic carbocycles. The van der Waals surface area contributed by atoms with E-state index in [0.29, 0.717) is 6.04 Å². The van der Waals surface area contributed by atoms with Crippen LogP contribution in [0.3, 0.4) is 0 Å². The summed E-state index contributed by atoms with van der Waals surface area (Å²) in [5.74, 6) is 1.76. The summed E-state index contributed by atoms with van der Waals surface area (Å²) in [5, 5.41) is 4.39. The summed E-state index contributed by atoms with van der Waals surface area (Å²) in [6.07, 6.45) is 6.49. The standard InChI is InChI=1S/C16H24ClNO/c1-4-12-5-7-13(8-6-12)18-15-9-11(2)14(17)10-16(15)19-3/h9-10,12-13,18H,4-8H2,1-3H3. The Morgan fingerprint density at radius 1 is 1.26 bits per heavy atom. The van der Waals surface area contributed by atoms with Crippen LogP contribution in [0, 0.1) is 12.8 Å². The van der Waals surface area contributed by atoms with Gasteiger partial charge in [-0.15, -0.1) is 0 Å². The zero-order chi connectivity index (χ0) is 13.8. The lowest BCUT2D eigenvalue weighted by atomic mass is 9.84. The van der Waals surface area contributed by atoms with Gasteiger partial charge in [0.15, 0.2) is 0 Å². The van der Waals surface area contributed by atoms with E-state index in [9.17, 15) is 0 Å². The molecule has 2 nitrogen and oxygen atoms in total. The van der Waals surface area contributed by atoms with Crippen LogP contribution in [0.5, 0.6) is 5.75 Å². The number of rotatable bonds is 4. The molecule has 1 saturated carbocycles. The van der Waals surface area contributed by atoms with E-state index in [1.54, 1.807) is 7.11 Å². The molecule has 106 valence electrons. The van der Waals surface area contributed by atoms with Gasteiger partial charge in [-0.05, 0) is 50.2 Å². The van der Waals surface area contributed by atoms with Gasteiger partial charge in [-0.25, -0.2) is 0 Å². The fourth-order valence-corrected chi connectivity index (χ4v) is 3.03. The Morgan fingerprint density at radius 2 is 1.95 bits per heavy atom. The van der Waals surface area contributed by atoms with Gasteiger partial charge in [-0.1, -0.05) is 24.9 Å². The van der Waals surface area contributed by atoms with E-state index in [4.69, 9.17) is 16.3 Å². The lowest BCUT2D eigenvalue weighted by Gasteiger charge is -2.29. The predicted molar refractivity (Wildman–Crippen MR) is 82.4 cm³/mol. The van der Waals surface area contributed by atoms with Crippen molar-refractivity contribution >= 4 is 17.3 Å². The van der Waals surface area contributed by atoms with Crippen molar-refractivity contribution in [3.63, 3.8) is 0 Å². The van der Waals surface area contributed by atoms with Gasteiger partial charge >= 0.3 is 0 Å². The maximum Gasteiger partial charge on any atom is 0.143 e. The van der Waals surface area contributed by atoms with Gasteiger partial charge in [-0.3, -0.25) is 0 Å². The van der Waals surface area contributed by atoms with E-state index < -0.39 is 0 Å². The normalized spacial score (nSPS) is 23.2. The fourth-order valence-electron chi connectivity index (χ4n) is 2.88. The van der Waals surface area contributed by atoms with E-state index in [1.807, 2.05) is 13.0 Å². The summed E-state index contributed by atoms with van der Waals surface area (Å²) in [5.41, 5.74) is 2.16. The number of hydrogen-bond donors (Lipinski definition) is 1. The Balaban J connectivity index is 2.05. The van der Waals surface area contributed by atoms with Gasteiger partial charge in [0.05, 0.1) is 12.8 Å². The van der Waals surface area contributed by atoms with E-state index in [2.05, 4.69) is 18.3 Å². The topological polar surface area (TPSA) is 21.3 Å². The highest BCUT2D eigenvalue weighted by Crippen LogP contribution is 2.34. The van der Waals surface area contributed by atoms with Gasteiger partial charge in [-0.2, -0.15) is 0 Å². The molecule has 19 heavy (non-hydrogen) atoms. The van der Waals surface area contributed by atoms with Gasteiger partial charge in [0.2, 0.25) is 0 Å². The van der Waals surface area contributed by atoms with Crippen LogP contribution in [-0.4, -0.2) is 13.2 Å². The van der Waals surface area contributed by atoms with Crippen molar-refractivity contribution in [2.45, 2.75) is 52.0 Å². The third kappa shape index (κ3) is 3.56. The Morgan fingerprint density at radius 3 is 2.53 bits per heavy atom. The molecular weight excluding hydrogens is 258 g/mol. The second-order valence-electron chi connectivity index (χ2n) is 5.57. The van der Waals surface area contributed by atoms with Crippen LogP contribution in [-0.2, 0) is 0 Å². The molecule has 0 radical (unpaired) electrons. The Hall–Kier alpha value is -0.890. The Kier molecular flexibility index (Phi) is 4.98. The summed E-state index contributed by atoms with van der Waals surface area (Å²) in [6.45, 7) is 4.32. The molecule has 0 saturated heterocycles. The molecule has 0 heterocycles. The average molecular weight is 282 g/mol. The first-order valence-corrected chi connectivity index (χ1v) is 7.62. The minimum absolute atomic E-state index is 0.567. The third-order valence-corrected chi connectivity index (χ3v) is 4.67. The molecule has 0 aliphatic heterocycles.